The number of aromatic nitrogens is 2. The van der Waals surface area contributed by atoms with Gasteiger partial charge in [0, 0.05) is 42.7 Å². The van der Waals surface area contributed by atoms with Crippen LogP contribution in [-0.2, 0) is 17.7 Å². The lowest BCUT2D eigenvalue weighted by molar-refractivity contribution is 0.585. The Morgan fingerprint density at radius 1 is 1.09 bits per heavy atom. The van der Waals surface area contributed by atoms with Crippen molar-refractivity contribution < 1.29 is 4.55 Å². The van der Waals surface area contributed by atoms with Crippen molar-refractivity contribution in [2.24, 2.45) is 4.99 Å². The van der Waals surface area contributed by atoms with E-state index in [9.17, 15) is 4.55 Å². The largest absolute Gasteiger partial charge is 0.616 e. The highest BCUT2D eigenvalue weighted by molar-refractivity contribution is 7.91. The Morgan fingerprint density at radius 3 is 2.73 bits per heavy atom. The van der Waals surface area contributed by atoms with Crippen molar-refractivity contribution in [3.05, 3.63) is 78.3 Å². The summed E-state index contributed by atoms with van der Waals surface area (Å²) in [6, 6.07) is 12.7. The molecule has 0 spiro atoms. The molecule has 6 nitrogen and oxygen atoms in total. The average Bonchev–Trinajstić information content (AvgIpc) is 3.07. The van der Waals surface area contributed by atoms with Crippen LogP contribution in [0, 0.1) is 0 Å². The van der Waals surface area contributed by atoms with Gasteiger partial charge in [-0.05, 0) is 47.2 Å². The summed E-state index contributed by atoms with van der Waals surface area (Å²) in [7, 11) is 0. The molecule has 0 saturated carbocycles. The van der Waals surface area contributed by atoms with Crippen LogP contribution in [-0.4, -0.2) is 44.8 Å². The highest BCUT2D eigenvalue weighted by atomic mass is 32.2. The van der Waals surface area contributed by atoms with Gasteiger partial charge in [0.2, 0.25) is 0 Å². The number of pyridine rings is 2. The van der Waals surface area contributed by atoms with Crippen molar-refractivity contribution in [2.45, 2.75) is 19.9 Å². The molecule has 2 aromatic heterocycles. The lowest BCUT2D eigenvalue weighted by Crippen LogP contribution is -2.40. The summed E-state index contributed by atoms with van der Waals surface area (Å²) in [6.07, 6.45) is 10.8. The van der Waals surface area contributed by atoms with Crippen molar-refractivity contribution in [1.82, 2.24) is 9.97 Å². The summed E-state index contributed by atoms with van der Waals surface area (Å²) < 4.78 is 11.6. The number of aliphatic imine (C=N–C) groups is 1. The number of fused-ring (bicyclic) bond motifs is 1. The molecule has 33 heavy (non-hydrogen) atoms. The van der Waals surface area contributed by atoms with Gasteiger partial charge in [-0.1, -0.05) is 41.5 Å². The first kappa shape index (κ1) is 21.7. The van der Waals surface area contributed by atoms with Gasteiger partial charge >= 0.3 is 0 Å². The quantitative estimate of drug-likeness (QED) is 0.568. The van der Waals surface area contributed by atoms with Crippen LogP contribution in [0.5, 0.6) is 0 Å². The fourth-order valence-corrected chi connectivity index (χ4v) is 5.13. The topological polar surface area (TPSA) is 76.5 Å². The zero-order valence-electron chi connectivity index (χ0n) is 18.7. The van der Waals surface area contributed by atoms with Crippen LogP contribution < -0.4 is 10.2 Å². The monoisotopic (exact) mass is 457 g/mol. The first-order valence-electron chi connectivity index (χ1n) is 11.2. The van der Waals surface area contributed by atoms with Crippen LogP contribution in [0.15, 0.2) is 72.1 Å². The number of hydrogen-bond acceptors (Lipinski definition) is 6. The van der Waals surface area contributed by atoms with Crippen LogP contribution in [0.25, 0.3) is 16.3 Å². The third-order valence-corrected chi connectivity index (χ3v) is 7.33. The third kappa shape index (κ3) is 5.10. The van der Waals surface area contributed by atoms with E-state index in [0.29, 0.717) is 18.1 Å². The summed E-state index contributed by atoms with van der Waals surface area (Å²) >= 11 is -0.693. The predicted molar refractivity (Wildman–Crippen MR) is 138 cm³/mol. The molecule has 0 radical (unpaired) electrons. The summed E-state index contributed by atoms with van der Waals surface area (Å²) in [5.41, 5.74) is 4.71. The lowest BCUT2D eigenvalue weighted by atomic mass is 10.0. The molecule has 0 aliphatic carbocycles. The smallest absolute Gasteiger partial charge is 0.135 e. The Morgan fingerprint density at radius 2 is 1.91 bits per heavy atom. The zero-order chi connectivity index (χ0) is 22.6. The highest BCUT2D eigenvalue weighted by Gasteiger charge is 2.20. The van der Waals surface area contributed by atoms with Crippen molar-refractivity contribution in [3.63, 3.8) is 0 Å². The van der Waals surface area contributed by atoms with E-state index in [2.05, 4.69) is 67.7 Å². The molecular weight excluding hydrogens is 430 g/mol. The molecule has 1 N–H and O–H groups in total. The number of nitrogens with one attached hydrogen (secondary N) is 1. The Bertz CT molecular complexity index is 1230. The number of rotatable bonds is 5. The van der Waals surface area contributed by atoms with Gasteiger partial charge in [0.05, 0.1) is 13.1 Å². The van der Waals surface area contributed by atoms with Crippen LogP contribution in [0.2, 0.25) is 0 Å². The fraction of sp³-hybridized carbons (Fsp3) is 0.269. The number of benzene rings is 1. The van der Waals surface area contributed by atoms with Gasteiger partial charge in [-0.15, -0.1) is 0 Å². The minimum atomic E-state index is -0.693. The summed E-state index contributed by atoms with van der Waals surface area (Å²) in [6.45, 7) is 4.31. The van der Waals surface area contributed by atoms with Gasteiger partial charge in [-0.2, -0.15) is 0 Å². The van der Waals surface area contributed by atoms with Crippen molar-refractivity contribution in [2.75, 3.05) is 34.8 Å². The van der Waals surface area contributed by atoms with Gasteiger partial charge in [0.25, 0.3) is 0 Å². The minimum absolute atomic E-state index is 0.684. The molecule has 168 valence electrons. The Hall–Kier alpha value is -3.16. The van der Waals surface area contributed by atoms with E-state index in [4.69, 9.17) is 0 Å². The Kier molecular flexibility index (Phi) is 6.41. The second-order valence-electron chi connectivity index (χ2n) is 8.35. The molecule has 7 heteroatoms. The highest BCUT2D eigenvalue weighted by Crippen LogP contribution is 2.26. The zero-order valence-corrected chi connectivity index (χ0v) is 19.5. The Labute approximate surface area is 197 Å². The molecular formula is C26H27N5OS. The standard InChI is InChI=1S/C26H27N5OS/c1-19-2-5-22(8-10-27-19)21-6-3-20(4-7-21)17-30-26-24-18-29-25(16-23(24)9-11-28-26)31-12-14-33(32)15-13-31/h3-11,16,18H,2,12-15,17H2,1H3,(H,28,30). The SMILES string of the molecule is CC1=NC=CC(c2ccc(CNc3nccc4cc(N5CC[S+]([O-])CC5)ncc34)cc2)=CC1. The van der Waals surface area contributed by atoms with Crippen LogP contribution >= 0.6 is 0 Å². The maximum absolute atomic E-state index is 11.6. The van der Waals surface area contributed by atoms with Gasteiger partial charge in [0.1, 0.15) is 23.1 Å². The predicted octanol–water partition coefficient (Wildman–Crippen LogP) is 4.57. The number of allylic oxidation sites excluding steroid dienone is 3. The maximum Gasteiger partial charge on any atom is 0.135 e. The molecule has 1 aromatic carbocycles. The molecule has 0 atom stereocenters. The second-order valence-corrected chi connectivity index (χ2v) is 10.0. The van der Waals surface area contributed by atoms with E-state index >= 15 is 0 Å². The van der Waals surface area contributed by atoms with E-state index in [1.807, 2.05) is 31.6 Å². The first-order valence-corrected chi connectivity index (χ1v) is 12.7. The van der Waals surface area contributed by atoms with E-state index in [1.165, 1.54) is 16.7 Å². The van der Waals surface area contributed by atoms with E-state index in [-0.39, 0.29) is 0 Å². The second kappa shape index (κ2) is 9.77. The maximum atomic E-state index is 11.6. The summed E-state index contributed by atoms with van der Waals surface area (Å²) in [5.74, 6) is 3.19. The third-order valence-electron chi connectivity index (χ3n) is 6.05. The molecule has 1 saturated heterocycles. The van der Waals surface area contributed by atoms with Gasteiger partial charge in [-0.3, -0.25) is 4.99 Å². The van der Waals surface area contributed by atoms with Crippen LogP contribution in [0.3, 0.4) is 0 Å². The molecule has 5 rings (SSSR count). The number of hydrogen-bond donors (Lipinski definition) is 1. The molecule has 2 aliphatic heterocycles. The summed E-state index contributed by atoms with van der Waals surface area (Å²) in [4.78, 5) is 15.8. The van der Waals surface area contributed by atoms with Gasteiger partial charge in [0.15, 0.2) is 0 Å². The molecule has 2 aliphatic rings. The normalized spacial score (nSPS) is 17.0. The van der Waals surface area contributed by atoms with Crippen molar-refractivity contribution in [1.29, 1.82) is 0 Å². The number of nitrogens with zero attached hydrogens (tertiary/aromatic N) is 4. The van der Waals surface area contributed by atoms with Crippen molar-refractivity contribution in [3.8, 4) is 0 Å². The molecule has 4 heterocycles. The number of anilines is 2. The Balaban J connectivity index is 1.27. The minimum Gasteiger partial charge on any atom is -0.616 e. The van der Waals surface area contributed by atoms with Gasteiger partial charge in [-0.25, -0.2) is 9.97 Å². The van der Waals surface area contributed by atoms with Crippen LogP contribution in [0.4, 0.5) is 11.6 Å². The van der Waals surface area contributed by atoms with Crippen LogP contribution in [0.1, 0.15) is 24.5 Å². The van der Waals surface area contributed by atoms with E-state index in [1.54, 1.807) is 0 Å². The van der Waals surface area contributed by atoms with Crippen molar-refractivity contribution >= 4 is 44.9 Å². The van der Waals surface area contributed by atoms with E-state index in [0.717, 1.165) is 47.6 Å². The first-order chi connectivity index (χ1) is 16.2. The fourth-order valence-electron chi connectivity index (χ4n) is 4.08. The molecule has 0 bridgehead atoms. The van der Waals surface area contributed by atoms with E-state index < -0.39 is 11.2 Å². The lowest BCUT2D eigenvalue weighted by Gasteiger charge is -2.29. The molecule has 0 unspecified atom stereocenters. The molecule has 0 amide bonds. The van der Waals surface area contributed by atoms with Gasteiger partial charge < -0.3 is 14.8 Å². The molecule has 3 aromatic rings. The average molecular weight is 458 g/mol. The summed E-state index contributed by atoms with van der Waals surface area (Å²) in [5, 5.41) is 5.58. The molecule has 1 fully saturated rings.